The normalized spacial score (nSPS) is 10.1. The first kappa shape index (κ1) is 11.2. The van der Waals surface area contributed by atoms with Gasteiger partial charge in [0.25, 0.3) is 0 Å². The number of Topliss-reactive ketones (excluding diaryl/α,β-unsaturated/α-hetero) is 1. The van der Waals surface area contributed by atoms with Crippen molar-refractivity contribution in [3.8, 4) is 0 Å². The van der Waals surface area contributed by atoms with E-state index in [1.54, 1.807) is 18.2 Å². The maximum absolute atomic E-state index is 11.4. The van der Waals surface area contributed by atoms with Crippen LogP contribution in [0, 0.1) is 0 Å². The van der Waals surface area contributed by atoms with E-state index in [0.717, 1.165) is 4.47 Å². The fourth-order valence-corrected chi connectivity index (χ4v) is 1.69. The fraction of sp³-hybridized carbons (Fsp3) is 0.222. The molecule has 0 atom stereocenters. The number of hydrogen-bond acceptors (Lipinski definition) is 1. The molecular weight excluding hydrogens is 319 g/mol. The largest absolute Gasteiger partial charge is 0.294 e. The van der Waals surface area contributed by atoms with E-state index in [1.165, 1.54) is 0 Å². The van der Waals surface area contributed by atoms with E-state index in [0.29, 0.717) is 22.3 Å². The Morgan fingerprint density at radius 1 is 1.46 bits per heavy atom. The number of rotatable bonds is 3. The minimum absolute atomic E-state index is 0.103. The van der Waals surface area contributed by atoms with Crippen molar-refractivity contribution in [1.82, 2.24) is 0 Å². The van der Waals surface area contributed by atoms with Gasteiger partial charge in [-0.15, -0.1) is 0 Å². The Morgan fingerprint density at radius 3 is 2.69 bits per heavy atom. The summed E-state index contributed by atoms with van der Waals surface area (Å²) in [6.07, 6.45) is 0.498. The number of carbonyl (C=O) groups excluding carboxylic acids is 1. The molecule has 0 saturated heterocycles. The van der Waals surface area contributed by atoms with Crippen molar-refractivity contribution in [1.29, 1.82) is 0 Å². The van der Waals surface area contributed by atoms with Crippen molar-refractivity contribution in [3.63, 3.8) is 0 Å². The molecule has 0 saturated carbocycles. The van der Waals surface area contributed by atoms with Gasteiger partial charge in [0.15, 0.2) is 5.78 Å². The van der Waals surface area contributed by atoms with Crippen molar-refractivity contribution >= 4 is 49.2 Å². The third kappa shape index (κ3) is 3.08. The van der Waals surface area contributed by atoms with Gasteiger partial charge in [0.05, 0.1) is 5.02 Å². The van der Waals surface area contributed by atoms with Crippen molar-refractivity contribution in [2.75, 3.05) is 5.33 Å². The predicted molar refractivity (Wildman–Crippen MR) is 61.9 cm³/mol. The molecule has 0 aromatic heterocycles. The lowest BCUT2D eigenvalue weighted by molar-refractivity contribution is 0.0990. The highest BCUT2D eigenvalue weighted by atomic mass is 79.9. The van der Waals surface area contributed by atoms with Gasteiger partial charge in [-0.3, -0.25) is 4.79 Å². The average Bonchev–Trinajstić information content (AvgIpc) is 2.10. The molecule has 1 rings (SSSR count). The third-order valence-electron chi connectivity index (χ3n) is 1.56. The van der Waals surface area contributed by atoms with Crippen LogP contribution in [0.3, 0.4) is 0 Å². The van der Waals surface area contributed by atoms with Crippen LogP contribution < -0.4 is 0 Å². The second-order valence-electron chi connectivity index (χ2n) is 2.49. The van der Waals surface area contributed by atoms with Crippen LogP contribution in [0.2, 0.25) is 5.02 Å². The lowest BCUT2D eigenvalue weighted by Gasteiger charge is -2.00. The van der Waals surface area contributed by atoms with Crippen LogP contribution in [0.5, 0.6) is 0 Å². The average molecular weight is 326 g/mol. The monoisotopic (exact) mass is 324 g/mol. The van der Waals surface area contributed by atoms with Gasteiger partial charge in [-0.25, -0.2) is 0 Å². The summed E-state index contributed by atoms with van der Waals surface area (Å²) in [4.78, 5) is 11.4. The van der Waals surface area contributed by atoms with E-state index in [1.807, 2.05) is 0 Å². The van der Waals surface area contributed by atoms with Crippen LogP contribution in [0.1, 0.15) is 16.8 Å². The van der Waals surface area contributed by atoms with E-state index in [2.05, 4.69) is 31.9 Å². The smallest absolute Gasteiger partial charge is 0.163 e. The minimum atomic E-state index is 0.103. The Balaban J connectivity index is 2.90. The van der Waals surface area contributed by atoms with Gasteiger partial charge in [0.1, 0.15) is 0 Å². The molecule has 0 fully saturated rings. The summed E-state index contributed by atoms with van der Waals surface area (Å²) in [5.41, 5.74) is 0.660. The number of alkyl halides is 1. The Labute approximate surface area is 98.7 Å². The topological polar surface area (TPSA) is 17.1 Å². The van der Waals surface area contributed by atoms with E-state index >= 15 is 0 Å². The van der Waals surface area contributed by atoms with Gasteiger partial charge in [-0.1, -0.05) is 33.6 Å². The highest BCUT2D eigenvalue weighted by molar-refractivity contribution is 9.10. The number of benzene rings is 1. The molecular formula is C9H7Br2ClO. The van der Waals surface area contributed by atoms with Gasteiger partial charge >= 0.3 is 0 Å². The van der Waals surface area contributed by atoms with Crippen molar-refractivity contribution in [2.24, 2.45) is 0 Å². The first-order chi connectivity index (χ1) is 6.15. The van der Waals surface area contributed by atoms with Crippen LogP contribution in [0.4, 0.5) is 0 Å². The van der Waals surface area contributed by atoms with Crippen LogP contribution in [-0.2, 0) is 0 Å². The molecule has 0 heterocycles. The van der Waals surface area contributed by atoms with Crippen LogP contribution in [-0.4, -0.2) is 11.1 Å². The lowest BCUT2D eigenvalue weighted by atomic mass is 10.1. The molecule has 70 valence electrons. The maximum atomic E-state index is 11.4. The molecule has 0 radical (unpaired) electrons. The Kier molecular flexibility index (Phi) is 4.42. The highest BCUT2D eigenvalue weighted by Crippen LogP contribution is 2.23. The van der Waals surface area contributed by atoms with E-state index < -0.39 is 0 Å². The predicted octanol–water partition coefficient (Wildman–Crippen LogP) is 4.07. The summed E-state index contributed by atoms with van der Waals surface area (Å²) in [7, 11) is 0. The number of halogens is 3. The van der Waals surface area contributed by atoms with Crippen molar-refractivity contribution in [2.45, 2.75) is 6.42 Å². The zero-order valence-electron chi connectivity index (χ0n) is 6.69. The molecule has 0 N–H and O–H groups in total. The molecule has 0 spiro atoms. The Bertz CT molecular complexity index is 325. The van der Waals surface area contributed by atoms with E-state index in [9.17, 15) is 4.79 Å². The third-order valence-corrected chi connectivity index (χ3v) is 3.19. The molecule has 13 heavy (non-hydrogen) atoms. The van der Waals surface area contributed by atoms with Gasteiger partial charge in [0, 0.05) is 21.8 Å². The van der Waals surface area contributed by atoms with Gasteiger partial charge < -0.3 is 0 Å². The molecule has 1 aromatic carbocycles. The van der Waals surface area contributed by atoms with Crippen LogP contribution >= 0.6 is 43.5 Å². The second kappa shape index (κ2) is 5.13. The molecule has 4 heteroatoms. The summed E-state index contributed by atoms with van der Waals surface area (Å²) in [5, 5.41) is 1.25. The number of carbonyl (C=O) groups is 1. The molecule has 1 nitrogen and oxygen atoms in total. The number of hydrogen-bond donors (Lipinski definition) is 0. The van der Waals surface area contributed by atoms with Gasteiger partial charge in [0.2, 0.25) is 0 Å². The summed E-state index contributed by atoms with van der Waals surface area (Å²) < 4.78 is 0.810. The Morgan fingerprint density at radius 2 is 2.15 bits per heavy atom. The summed E-state index contributed by atoms with van der Waals surface area (Å²) >= 11 is 12.3. The summed E-state index contributed by atoms with van der Waals surface area (Å²) in [5.74, 6) is 0.103. The second-order valence-corrected chi connectivity index (χ2v) is 4.55. The van der Waals surface area contributed by atoms with E-state index in [4.69, 9.17) is 11.6 Å². The number of ketones is 1. The molecule has 1 aromatic rings. The van der Waals surface area contributed by atoms with Gasteiger partial charge in [-0.05, 0) is 28.1 Å². The molecule has 0 aliphatic rings. The summed E-state index contributed by atoms with van der Waals surface area (Å²) in [6.45, 7) is 0. The first-order valence-electron chi connectivity index (χ1n) is 3.69. The molecule has 0 amide bonds. The zero-order valence-corrected chi connectivity index (χ0v) is 10.6. The molecule has 0 aliphatic heterocycles. The standard InChI is InChI=1S/C9H7Br2ClO/c10-4-3-9(13)6-1-2-7(11)8(12)5-6/h1-2,5H,3-4H2. The van der Waals surface area contributed by atoms with Crippen LogP contribution in [0.25, 0.3) is 0 Å². The lowest BCUT2D eigenvalue weighted by Crippen LogP contribution is -1.99. The minimum Gasteiger partial charge on any atom is -0.294 e. The zero-order chi connectivity index (χ0) is 9.84. The van der Waals surface area contributed by atoms with Crippen LogP contribution in [0.15, 0.2) is 22.7 Å². The fourth-order valence-electron chi connectivity index (χ4n) is 0.900. The van der Waals surface area contributed by atoms with Gasteiger partial charge in [-0.2, -0.15) is 0 Å². The maximum Gasteiger partial charge on any atom is 0.163 e. The summed E-state index contributed by atoms with van der Waals surface area (Å²) in [6, 6.07) is 5.22. The molecule has 0 unspecified atom stereocenters. The molecule has 0 aliphatic carbocycles. The Hall–Kier alpha value is 0.140. The highest BCUT2D eigenvalue weighted by Gasteiger charge is 2.06. The molecule has 0 bridgehead atoms. The van der Waals surface area contributed by atoms with Crippen molar-refractivity contribution in [3.05, 3.63) is 33.3 Å². The SMILES string of the molecule is O=C(CCBr)c1ccc(Br)c(Cl)c1. The quantitative estimate of drug-likeness (QED) is 0.604. The first-order valence-corrected chi connectivity index (χ1v) is 5.98. The van der Waals surface area contributed by atoms with E-state index in [-0.39, 0.29) is 5.78 Å². The van der Waals surface area contributed by atoms with Crippen molar-refractivity contribution < 1.29 is 4.79 Å².